The molecule has 102 valence electrons. The second-order valence-corrected chi connectivity index (χ2v) is 5.44. The van der Waals surface area contributed by atoms with E-state index < -0.39 is 10.7 Å². The summed E-state index contributed by atoms with van der Waals surface area (Å²) in [7, 11) is 0. The molecule has 0 aromatic heterocycles. The van der Waals surface area contributed by atoms with E-state index in [1.807, 2.05) is 4.90 Å². The molecular weight excluding hydrogens is 251 g/mol. The molecule has 1 aliphatic carbocycles. The van der Waals surface area contributed by atoms with Crippen LogP contribution in [-0.4, -0.2) is 29.2 Å². The van der Waals surface area contributed by atoms with E-state index in [2.05, 4.69) is 0 Å². The number of halogens is 1. The van der Waals surface area contributed by atoms with E-state index in [-0.39, 0.29) is 11.8 Å². The van der Waals surface area contributed by atoms with Gasteiger partial charge in [-0.15, -0.1) is 0 Å². The summed E-state index contributed by atoms with van der Waals surface area (Å²) in [5, 5.41) is 20.2. The summed E-state index contributed by atoms with van der Waals surface area (Å²) in [4.78, 5) is 11.9. The number of anilines is 1. The van der Waals surface area contributed by atoms with E-state index in [4.69, 9.17) is 0 Å². The number of nitrogens with zero attached hydrogens (tertiary/aromatic N) is 2. The van der Waals surface area contributed by atoms with Crippen molar-refractivity contribution < 1.29 is 14.4 Å². The summed E-state index contributed by atoms with van der Waals surface area (Å²) < 4.78 is 13.9. The zero-order valence-corrected chi connectivity index (χ0v) is 10.3. The largest absolute Gasteiger partial charge is 0.393 e. The standard InChI is InChI=1S/C13H15FN2O3/c14-12-5-10(16(18)19)1-2-13(12)15-6-8-3-11(17)4-9(8)7-15/h1-2,5,8-9,11,17H,3-4,6-7H2. The molecular formula is C13H15FN2O3. The van der Waals surface area contributed by atoms with Crippen molar-refractivity contribution in [1.82, 2.24) is 0 Å². The van der Waals surface area contributed by atoms with E-state index in [0.717, 1.165) is 32.0 Å². The predicted octanol–water partition coefficient (Wildman–Crippen LogP) is 1.94. The van der Waals surface area contributed by atoms with Crippen LogP contribution in [0, 0.1) is 27.8 Å². The smallest absolute Gasteiger partial charge is 0.272 e. The first-order valence-electron chi connectivity index (χ1n) is 6.41. The fourth-order valence-electron chi connectivity index (χ4n) is 3.33. The van der Waals surface area contributed by atoms with Gasteiger partial charge >= 0.3 is 0 Å². The van der Waals surface area contributed by atoms with E-state index in [1.165, 1.54) is 12.1 Å². The number of nitro groups is 1. The van der Waals surface area contributed by atoms with Crippen LogP contribution in [-0.2, 0) is 0 Å². The Bertz CT molecular complexity index is 509. The van der Waals surface area contributed by atoms with Crippen molar-refractivity contribution in [3.63, 3.8) is 0 Å². The molecule has 2 atom stereocenters. The molecule has 1 N–H and O–H groups in total. The van der Waals surface area contributed by atoms with Crippen molar-refractivity contribution in [3.8, 4) is 0 Å². The molecule has 5 nitrogen and oxygen atoms in total. The first-order valence-corrected chi connectivity index (χ1v) is 6.41. The zero-order valence-electron chi connectivity index (χ0n) is 10.3. The summed E-state index contributed by atoms with van der Waals surface area (Å²) in [6.45, 7) is 1.44. The highest BCUT2D eigenvalue weighted by molar-refractivity contribution is 5.53. The second-order valence-electron chi connectivity index (χ2n) is 5.44. The molecule has 1 saturated heterocycles. The van der Waals surface area contributed by atoms with Crippen LogP contribution in [0.25, 0.3) is 0 Å². The van der Waals surface area contributed by atoms with Crippen LogP contribution in [0.15, 0.2) is 18.2 Å². The maximum Gasteiger partial charge on any atom is 0.272 e. The lowest BCUT2D eigenvalue weighted by atomic mass is 10.0. The fraction of sp³-hybridized carbons (Fsp3) is 0.538. The van der Waals surface area contributed by atoms with Crippen LogP contribution in [0.1, 0.15) is 12.8 Å². The number of non-ortho nitro benzene ring substituents is 1. The number of benzene rings is 1. The SMILES string of the molecule is O=[N+]([O-])c1ccc(N2CC3CC(O)CC3C2)c(F)c1. The molecule has 0 amide bonds. The van der Waals surface area contributed by atoms with Crippen molar-refractivity contribution in [3.05, 3.63) is 34.1 Å². The van der Waals surface area contributed by atoms with E-state index >= 15 is 0 Å². The molecule has 1 saturated carbocycles. The lowest BCUT2D eigenvalue weighted by molar-refractivity contribution is -0.385. The number of rotatable bonds is 2. The Morgan fingerprint density at radius 3 is 2.47 bits per heavy atom. The van der Waals surface area contributed by atoms with Crippen molar-refractivity contribution >= 4 is 11.4 Å². The highest BCUT2D eigenvalue weighted by atomic mass is 19.1. The molecule has 1 heterocycles. The van der Waals surface area contributed by atoms with Gasteiger partial charge in [0.25, 0.3) is 5.69 Å². The summed E-state index contributed by atoms with van der Waals surface area (Å²) >= 11 is 0. The Hall–Kier alpha value is -1.69. The number of nitro benzene ring substituents is 1. The van der Waals surface area contributed by atoms with Gasteiger partial charge in [0.15, 0.2) is 5.82 Å². The molecule has 0 radical (unpaired) electrons. The summed E-state index contributed by atoms with van der Waals surface area (Å²) in [6.07, 6.45) is 1.32. The zero-order chi connectivity index (χ0) is 13.6. The molecule has 6 heteroatoms. The average Bonchev–Trinajstić information content (AvgIpc) is 2.85. The molecule has 0 spiro atoms. The lowest BCUT2D eigenvalue weighted by Gasteiger charge is -2.20. The van der Waals surface area contributed by atoms with E-state index in [1.54, 1.807) is 0 Å². The summed E-state index contributed by atoms with van der Waals surface area (Å²) in [5.74, 6) is 0.268. The molecule has 2 unspecified atom stereocenters. The van der Waals surface area contributed by atoms with Crippen molar-refractivity contribution in [2.24, 2.45) is 11.8 Å². The maximum atomic E-state index is 13.9. The highest BCUT2D eigenvalue weighted by Gasteiger charge is 2.40. The molecule has 0 bridgehead atoms. The van der Waals surface area contributed by atoms with Gasteiger partial charge in [-0.05, 0) is 30.7 Å². The topological polar surface area (TPSA) is 66.6 Å². The lowest BCUT2D eigenvalue weighted by Crippen LogP contribution is -2.23. The van der Waals surface area contributed by atoms with E-state index in [0.29, 0.717) is 17.5 Å². The Kier molecular flexibility index (Phi) is 2.89. The molecule has 19 heavy (non-hydrogen) atoms. The van der Waals surface area contributed by atoms with Gasteiger partial charge in [0.2, 0.25) is 0 Å². The van der Waals surface area contributed by atoms with Gasteiger partial charge in [-0.3, -0.25) is 10.1 Å². The third-order valence-corrected chi connectivity index (χ3v) is 4.21. The van der Waals surface area contributed by atoms with Crippen molar-refractivity contribution in [1.29, 1.82) is 0 Å². The fourth-order valence-corrected chi connectivity index (χ4v) is 3.33. The van der Waals surface area contributed by atoms with Gasteiger partial charge < -0.3 is 10.0 Å². The first-order chi connectivity index (χ1) is 9.04. The maximum absolute atomic E-state index is 13.9. The molecule has 2 fully saturated rings. The Balaban J connectivity index is 1.79. The third-order valence-electron chi connectivity index (χ3n) is 4.21. The molecule has 1 aromatic carbocycles. The summed E-state index contributed by atoms with van der Waals surface area (Å²) in [5.41, 5.74) is 0.200. The van der Waals surface area contributed by atoms with Crippen LogP contribution in [0.2, 0.25) is 0 Å². The quantitative estimate of drug-likeness (QED) is 0.656. The minimum absolute atomic E-state index is 0.223. The summed E-state index contributed by atoms with van der Waals surface area (Å²) in [6, 6.07) is 3.78. The Labute approximate surface area is 109 Å². The monoisotopic (exact) mass is 266 g/mol. The van der Waals surface area contributed by atoms with Gasteiger partial charge in [0.1, 0.15) is 0 Å². The predicted molar refractivity (Wildman–Crippen MR) is 67.5 cm³/mol. The number of aliphatic hydroxyl groups is 1. The van der Waals surface area contributed by atoms with E-state index in [9.17, 15) is 19.6 Å². The third kappa shape index (κ3) is 2.16. The van der Waals surface area contributed by atoms with Crippen LogP contribution < -0.4 is 4.90 Å². The average molecular weight is 266 g/mol. The van der Waals surface area contributed by atoms with Crippen LogP contribution in [0.5, 0.6) is 0 Å². The van der Waals surface area contributed by atoms with Crippen LogP contribution >= 0.6 is 0 Å². The number of hydrogen-bond donors (Lipinski definition) is 1. The minimum atomic E-state index is -0.595. The van der Waals surface area contributed by atoms with Gasteiger partial charge in [-0.25, -0.2) is 4.39 Å². The van der Waals surface area contributed by atoms with Gasteiger partial charge in [-0.1, -0.05) is 0 Å². The van der Waals surface area contributed by atoms with Gasteiger partial charge in [0, 0.05) is 19.2 Å². The number of hydrogen-bond acceptors (Lipinski definition) is 4. The number of aliphatic hydroxyl groups excluding tert-OH is 1. The highest BCUT2D eigenvalue weighted by Crippen LogP contribution is 2.40. The minimum Gasteiger partial charge on any atom is -0.393 e. The van der Waals surface area contributed by atoms with Crippen molar-refractivity contribution in [2.75, 3.05) is 18.0 Å². The Morgan fingerprint density at radius 1 is 1.32 bits per heavy atom. The van der Waals surface area contributed by atoms with Gasteiger partial charge in [-0.2, -0.15) is 0 Å². The first kappa shape index (κ1) is 12.3. The Morgan fingerprint density at radius 2 is 1.95 bits per heavy atom. The number of fused-ring (bicyclic) bond motifs is 1. The molecule has 1 aliphatic heterocycles. The molecule has 3 rings (SSSR count). The van der Waals surface area contributed by atoms with Crippen molar-refractivity contribution in [2.45, 2.75) is 18.9 Å². The second kappa shape index (κ2) is 4.45. The molecule has 2 aliphatic rings. The van der Waals surface area contributed by atoms with Gasteiger partial charge in [0.05, 0.1) is 22.8 Å². The van der Waals surface area contributed by atoms with Crippen LogP contribution in [0.4, 0.5) is 15.8 Å². The normalized spacial score (nSPS) is 29.6. The molecule has 1 aromatic rings. The van der Waals surface area contributed by atoms with Crippen LogP contribution in [0.3, 0.4) is 0 Å².